The number of unbranched alkanes of at least 4 members (excludes halogenated alkanes) is 1. The first-order valence-electron chi connectivity index (χ1n) is 5.82. The maximum Gasteiger partial charge on any atom is 0.338 e. The minimum absolute atomic E-state index is 0.260. The monoisotopic (exact) mass is 229 g/mol. The van der Waals surface area contributed by atoms with E-state index in [0.717, 1.165) is 23.6 Å². The van der Waals surface area contributed by atoms with E-state index in [-0.39, 0.29) is 5.97 Å². The number of carbonyl (C=O) groups is 1. The van der Waals surface area contributed by atoms with Gasteiger partial charge in [-0.1, -0.05) is 19.4 Å². The highest BCUT2D eigenvalue weighted by atomic mass is 16.5. The normalized spacial score (nSPS) is 10.4. The van der Waals surface area contributed by atoms with Gasteiger partial charge in [0.25, 0.3) is 0 Å². The third kappa shape index (κ3) is 2.81. The molecule has 2 rings (SSSR count). The number of benzene rings is 1. The van der Waals surface area contributed by atoms with Crippen molar-refractivity contribution in [1.29, 1.82) is 0 Å². The molecule has 17 heavy (non-hydrogen) atoms. The molecule has 0 aliphatic rings. The molecule has 2 aromatic rings. The van der Waals surface area contributed by atoms with Gasteiger partial charge in [0, 0.05) is 17.8 Å². The number of esters is 1. The van der Waals surface area contributed by atoms with E-state index in [9.17, 15) is 4.79 Å². The minimum atomic E-state index is -0.260. The van der Waals surface area contributed by atoms with E-state index in [0.29, 0.717) is 12.2 Å². The summed E-state index contributed by atoms with van der Waals surface area (Å²) in [5.74, 6) is -0.260. The standard InChI is InChI=1S/C14H15NO2/c1-2-3-8-17-14(16)12-5-4-11-6-7-15-10-13(11)9-12/h4-7,9-10H,2-3,8H2,1H3. The minimum Gasteiger partial charge on any atom is -0.462 e. The first-order valence-corrected chi connectivity index (χ1v) is 5.82. The van der Waals surface area contributed by atoms with Crippen molar-refractivity contribution in [3.63, 3.8) is 0 Å². The fraction of sp³-hybridized carbons (Fsp3) is 0.286. The van der Waals surface area contributed by atoms with Crippen LogP contribution in [0.15, 0.2) is 36.7 Å². The van der Waals surface area contributed by atoms with Gasteiger partial charge < -0.3 is 4.74 Å². The van der Waals surface area contributed by atoms with Crippen LogP contribution >= 0.6 is 0 Å². The predicted octanol–water partition coefficient (Wildman–Crippen LogP) is 3.19. The molecule has 3 nitrogen and oxygen atoms in total. The number of ether oxygens (including phenoxy) is 1. The van der Waals surface area contributed by atoms with Crippen molar-refractivity contribution < 1.29 is 9.53 Å². The SMILES string of the molecule is CCCCOC(=O)c1ccc2ccncc2c1. The zero-order valence-corrected chi connectivity index (χ0v) is 9.85. The van der Waals surface area contributed by atoms with E-state index >= 15 is 0 Å². The van der Waals surface area contributed by atoms with Gasteiger partial charge in [-0.3, -0.25) is 4.98 Å². The summed E-state index contributed by atoms with van der Waals surface area (Å²) in [6.07, 6.45) is 5.41. The zero-order chi connectivity index (χ0) is 12.1. The van der Waals surface area contributed by atoms with Crippen molar-refractivity contribution in [1.82, 2.24) is 4.98 Å². The van der Waals surface area contributed by atoms with Crippen molar-refractivity contribution in [2.24, 2.45) is 0 Å². The van der Waals surface area contributed by atoms with Crippen molar-refractivity contribution in [3.8, 4) is 0 Å². The van der Waals surface area contributed by atoms with E-state index in [1.165, 1.54) is 0 Å². The van der Waals surface area contributed by atoms with E-state index < -0.39 is 0 Å². The Morgan fingerprint density at radius 2 is 2.18 bits per heavy atom. The lowest BCUT2D eigenvalue weighted by atomic mass is 10.1. The first kappa shape index (κ1) is 11.6. The molecule has 1 heterocycles. The highest BCUT2D eigenvalue weighted by molar-refractivity contribution is 5.95. The molecule has 0 unspecified atom stereocenters. The molecular weight excluding hydrogens is 214 g/mol. The number of nitrogens with zero attached hydrogens (tertiary/aromatic N) is 1. The predicted molar refractivity (Wildman–Crippen MR) is 66.9 cm³/mol. The van der Waals surface area contributed by atoms with Gasteiger partial charge in [-0.15, -0.1) is 0 Å². The molecule has 3 heteroatoms. The summed E-state index contributed by atoms with van der Waals surface area (Å²) in [4.78, 5) is 15.8. The Morgan fingerprint density at radius 3 is 3.00 bits per heavy atom. The number of aromatic nitrogens is 1. The molecular formula is C14H15NO2. The van der Waals surface area contributed by atoms with Crippen molar-refractivity contribution >= 4 is 16.7 Å². The van der Waals surface area contributed by atoms with E-state index in [2.05, 4.69) is 11.9 Å². The maximum absolute atomic E-state index is 11.7. The van der Waals surface area contributed by atoms with Crippen LogP contribution in [0.5, 0.6) is 0 Å². The number of carbonyl (C=O) groups excluding carboxylic acids is 1. The Balaban J connectivity index is 2.15. The summed E-state index contributed by atoms with van der Waals surface area (Å²) in [6.45, 7) is 2.55. The van der Waals surface area contributed by atoms with Crippen LogP contribution in [-0.4, -0.2) is 17.6 Å². The van der Waals surface area contributed by atoms with Crippen LogP contribution < -0.4 is 0 Å². The zero-order valence-electron chi connectivity index (χ0n) is 9.85. The van der Waals surface area contributed by atoms with Gasteiger partial charge in [-0.05, 0) is 30.0 Å². The van der Waals surface area contributed by atoms with Gasteiger partial charge in [0.05, 0.1) is 12.2 Å². The molecule has 0 amide bonds. The molecule has 0 atom stereocenters. The molecule has 0 N–H and O–H groups in total. The Labute approximate surface area is 100 Å². The summed E-state index contributed by atoms with van der Waals surface area (Å²) in [6, 6.07) is 7.43. The quantitative estimate of drug-likeness (QED) is 0.597. The Morgan fingerprint density at radius 1 is 1.29 bits per heavy atom. The average Bonchev–Trinajstić information content (AvgIpc) is 2.38. The van der Waals surface area contributed by atoms with Gasteiger partial charge in [0.1, 0.15) is 0 Å². The topological polar surface area (TPSA) is 39.2 Å². The Bertz CT molecular complexity index is 522. The average molecular weight is 229 g/mol. The van der Waals surface area contributed by atoms with Crippen LogP contribution in [0.2, 0.25) is 0 Å². The fourth-order valence-corrected chi connectivity index (χ4v) is 1.60. The molecule has 0 spiro atoms. The molecule has 0 aliphatic carbocycles. The molecule has 0 saturated carbocycles. The molecule has 0 bridgehead atoms. The number of pyridine rings is 1. The van der Waals surface area contributed by atoms with Gasteiger partial charge in [0.15, 0.2) is 0 Å². The highest BCUT2D eigenvalue weighted by Crippen LogP contribution is 2.15. The van der Waals surface area contributed by atoms with Gasteiger partial charge in [0.2, 0.25) is 0 Å². The second-order valence-electron chi connectivity index (χ2n) is 3.93. The van der Waals surface area contributed by atoms with Crippen molar-refractivity contribution in [2.75, 3.05) is 6.61 Å². The maximum atomic E-state index is 11.7. The summed E-state index contributed by atoms with van der Waals surface area (Å²) in [5.41, 5.74) is 0.585. The van der Waals surface area contributed by atoms with Gasteiger partial charge in [-0.25, -0.2) is 4.79 Å². The van der Waals surface area contributed by atoms with E-state index in [1.807, 2.05) is 18.2 Å². The smallest absolute Gasteiger partial charge is 0.338 e. The molecule has 88 valence electrons. The summed E-state index contributed by atoms with van der Waals surface area (Å²) >= 11 is 0. The van der Waals surface area contributed by atoms with E-state index in [1.54, 1.807) is 18.5 Å². The third-order valence-corrected chi connectivity index (χ3v) is 2.61. The first-order chi connectivity index (χ1) is 8.31. The van der Waals surface area contributed by atoms with Crippen LogP contribution in [0.1, 0.15) is 30.1 Å². The summed E-state index contributed by atoms with van der Waals surface area (Å²) in [5, 5.41) is 2.03. The molecule has 0 aliphatic heterocycles. The largest absolute Gasteiger partial charge is 0.462 e. The molecule has 1 aromatic heterocycles. The molecule has 1 aromatic carbocycles. The van der Waals surface area contributed by atoms with Gasteiger partial charge >= 0.3 is 5.97 Å². The van der Waals surface area contributed by atoms with Crippen LogP contribution in [-0.2, 0) is 4.74 Å². The van der Waals surface area contributed by atoms with Crippen LogP contribution in [0, 0.1) is 0 Å². The lowest BCUT2D eigenvalue weighted by molar-refractivity contribution is 0.0500. The van der Waals surface area contributed by atoms with Crippen LogP contribution in [0.3, 0.4) is 0 Å². The Kier molecular flexibility index (Phi) is 3.70. The number of hydrogen-bond donors (Lipinski definition) is 0. The Hall–Kier alpha value is -1.90. The summed E-state index contributed by atoms with van der Waals surface area (Å²) in [7, 11) is 0. The third-order valence-electron chi connectivity index (χ3n) is 2.61. The van der Waals surface area contributed by atoms with Crippen LogP contribution in [0.25, 0.3) is 10.8 Å². The second-order valence-corrected chi connectivity index (χ2v) is 3.93. The van der Waals surface area contributed by atoms with Crippen molar-refractivity contribution in [3.05, 3.63) is 42.2 Å². The highest BCUT2D eigenvalue weighted by Gasteiger charge is 2.07. The number of rotatable bonds is 4. The number of fused-ring (bicyclic) bond motifs is 1. The summed E-state index contributed by atoms with van der Waals surface area (Å²) < 4.78 is 5.16. The second kappa shape index (κ2) is 5.43. The van der Waals surface area contributed by atoms with Gasteiger partial charge in [-0.2, -0.15) is 0 Å². The lowest BCUT2D eigenvalue weighted by Crippen LogP contribution is -2.06. The molecule has 0 radical (unpaired) electrons. The molecule has 0 fully saturated rings. The van der Waals surface area contributed by atoms with E-state index in [4.69, 9.17) is 4.74 Å². The van der Waals surface area contributed by atoms with Crippen molar-refractivity contribution in [2.45, 2.75) is 19.8 Å². The number of hydrogen-bond acceptors (Lipinski definition) is 3. The van der Waals surface area contributed by atoms with Crippen LogP contribution in [0.4, 0.5) is 0 Å². The molecule has 0 saturated heterocycles. The lowest BCUT2D eigenvalue weighted by Gasteiger charge is -2.04. The fourth-order valence-electron chi connectivity index (χ4n) is 1.60.